The van der Waals surface area contributed by atoms with Crippen molar-refractivity contribution in [1.82, 2.24) is 4.90 Å². The number of hydrogen-bond donors (Lipinski definition) is 0. The third-order valence-electron chi connectivity index (χ3n) is 5.72. The average molecular weight is 415 g/mol. The highest BCUT2D eigenvalue weighted by molar-refractivity contribution is 6.36. The van der Waals surface area contributed by atoms with Crippen molar-refractivity contribution in [2.75, 3.05) is 13.1 Å². The number of hydrogen-bond acceptors (Lipinski definition) is 2. The van der Waals surface area contributed by atoms with Crippen LogP contribution in [-0.4, -0.2) is 18.0 Å². The van der Waals surface area contributed by atoms with Gasteiger partial charge in [0.05, 0.1) is 11.5 Å². The molecule has 0 spiro atoms. The van der Waals surface area contributed by atoms with Crippen LogP contribution in [0.3, 0.4) is 0 Å². The van der Waals surface area contributed by atoms with Crippen molar-refractivity contribution in [2.45, 2.75) is 51.0 Å². The molecule has 0 N–H and O–H groups in total. The van der Waals surface area contributed by atoms with Gasteiger partial charge in [-0.1, -0.05) is 66.5 Å². The molecule has 1 saturated carbocycles. The summed E-state index contributed by atoms with van der Waals surface area (Å²) in [5, 5.41) is 11.5. The van der Waals surface area contributed by atoms with Crippen LogP contribution in [0.5, 0.6) is 0 Å². The monoisotopic (exact) mass is 414 g/mol. The summed E-state index contributed by atoms with van der Waals surface area (Å²) < 4.78 is 0. The van der Waals surface area contributed by atoms with E-state index < -0.39 is 5.41 Å². The van der Waals surface area contributed by atoms with Crippen molar-refractivity contribution >= 4 is 23.2 Å². The smallest absolute Gasteiger partial charge is 0.0879 e. The fourth-order valence-corrected chi connectivity index (χ4v) is 4.98. The van der Waals surface area contributed by atoms with E-state index in [9.17, 15) is 5.26 Å². The van der Waals surface area contributed by atoms with E-state index in [1.54, 1.807) is 0 Å². The van der Waals surface area contributed by atoms with Gasteiger partial charge in [0.25, 0.3) is 0 Å². The van der Waals surface area contributed by atoms with Gasteiger partial charge in [-0.25, -0.2) is 0 Å². The lowest BCUT2D eigenvalue weighted by molar-refractivity contribution is 0.250. The molecule has 2 aromatic carbocycles. The van der Waals surface area contributed by atoms with E-state index >= 15 is 0 Å². The number of halogens is 2. The van der Waals surface area contributed by atoms with Gasteiger partial charge in [-0.2, -0.15) is 5.26 Å². The lowest BCUT2D eigenvalue weighted by Gasteiger charge is -2.30. The Labute approximate surface area is 179 Å². The molecule has 0 aliphatic heterocycles. The SMILES string of the molecule is CCCN(CCCC(C#N)(c1c(Cl)cccc1Cl)C1CC1)Cc1ccccc1. The second kappa shape index (κ2) is 9.79. The fraction of sp³-hybridized carbons (Fsp3) is 0.458. The minimum atomic E-state index is -0.569. The summed E-state index contributed by atoms with van der Waals surface area (Å²) in [6.07, 6.45) is 5.04. The van der Waals surface area contributed by atoms with Crippen LogP contribution in [0.4, 0.5) is 0 Å². The predicted molar refractivity (Wildman–Crippen MR) is 118 cm³/mol. The van der Waals surface area contributed by atoms with Crippen LogP contribution in [0, 0.1) is 17.2 Å². The molecular formula is C24H28Cl2N2. The first-order chi connectivity index (χ1) is 13.6. The molecule has 2 aromatic rings. The molecule has 1 fully saturated rings. The average Bonchev–Trinajstić information content (AvgIpc) is 3.53. The number of nitrogens with zero attached hydrogens (tertiary/aromatic N) is 2. The molecule has 148 valence electrons. The van der Waals surface area contributed by atoms with E-state index in [2.05, 4.69) is 48.2 Å². The second-order valence-electron chi connectivity index (χ2n) is 7.82. The Balaban J connectivity index is 1.73. The maximum Gasteiger partial charge on any atom is 0.0879 e. The van der Waals surface area contributed by atoms with E-state index in [1.807, 2.05) is 18.2 Å². The molecule has 3 rings (SSSR count). The second-order valence-corrected chi connectivity index (χ2v) is 8.63. The fourth-order valence-electron chi connectivity index (χ4n) is 4.25. The van der Waals surface area contributed by atoms with Gasteiger partial charge in [-0.15, -0.1) is 0 Å². The lowest BCUT2D eigenvalue weighted by atomic mass is 9.73. The van der Waals surface area contributed by atoms with Crippen LogP contribution in [0.2, 0.25) is 10.0 Å². The highest BCUT2D eigenvalue weighted by atomic mass is 35.5. The summed E-state index contributed by atoms with van der Waals surface area (Å²) in [5.74, 6) is 0.364. The lowest BCUT2D eigenvalue weighted by Crippen LogP contribution is -2.31. The zero-order valence-corrected chi connectivity index (χ0v) is 18.0. The first-order valence-electron chi connectivity index (χ1n) is 10.2. The van der Waals surface area contributed by atoms with Gasteiger partial charge < -0.3 is 0 Å². The van der Waals surface area contributed by atoms with Gasteiger partial charge in [0.1, 0.15) is 0 Å². The van der Waals surface area contributed by atoms with Crippen LogP contribution >= 0.6 is 23.2 Å². The molecule has 0 amide bonds. The molecule has 1 atom stereocenters. The Morgan fingerprint density at radius 1 is 1.04 bits per heavy atom. The van der Waals surface area contributed by atoms with Crippen molar-refractivity contribution in [3.63, 3.8) is 0 Å². The Morgan fingerprint density at radius 2 is 1.71 bits per heavy atom. The van der Waals surface area contributed by atoms with Gasteiger partial charge >= 0.3 is 0 Å². The molecule has 0 aromatic heterocycles. The first kappa shape index (κ1) is 21.2. The third-order valence-corrected chi connectivity index (χ3v) is 6.35. The number of nitriles is 1. The predicted octanol–water partition coefficient (Wildman–Crippen LogP) is 6.86. The highest BCUT2D eigenvalue weighted by Gasteiger charge is 2.48. The molecule has 1 aliphatic rings. The number of rotatable bonds is 10. The molecule has 1 unspecified atom stereocenters. The van der Waals surface area contributed by atoms with Crippen LogP contribution < -0.4 is 0 Å². The molecule has 0 saturated heterocycles. The third kappa shape index (κ3) is 4.90. The molecule has 0 heterocycles. The Morgan fingerprint density at radius 3 is 2.29 bits per heavy atom. The zero-order valence-electron chi connectivity index (χ0n) is 16.5. The number of benzene rings is 2. The molecule has 28 heavy (non-hydrogen) atoms. The Bertz CT molecular complexity index is 791. The first-order valence-corrected chi connectivity index (χ1v) is 11.0. The summed E-state index contributed by atoms with van der Waals surface area (Å²) in [7, 11) is 0. The molecule has 4 heteroatoms. The van der Waals surface area contributed by atoms with Gasteiger partial charge in [-0.05, 0) is 68.8 Å². The standard InChI is InChI=1S/C24H28Cl2N2/c1-2-15-28(17-19-8-4-3-5-9-19)16-7-14-24(18-27,20-12-13-20)23-21(25)10-6-11-22(23)26/h3-6,8-11,20H,2,7,12-17H2,1H3. The molecule has 0 bridgehead atoms. The summed E-state index contributed by atoms with van der Waals surface area (Å²) in [5.41, 5.74) is 1.60. The van der Waals surface area contributed by atoms with E-state index in [0.29, 0.717) is 16.0 Å². The summed E-state index contributed by atoms with van der Waals surface area (Å²) in [6, 6.07) is 18.8. The largest absolute Gasteiger partial charge is 0.299 e. The molecule has 1 aliphatic carbocycles. The van der Waals surface area contributed by atoms with Crippen molar-refractivity contribution in [3.8, 4) is 6.07 Å². The van der Waals surface area contributed by atoms with Gasteiger partial charge in [0.2, 0.25) is 0 Å². The van der Waals surface area contributed by atoms with E-state index in [4.69, 9.17) is 23.2 Å². The summed E-state index contributed by atoms with van der Waals surface area (Å²) >= 11 is 13.0. The zero-order chi connectivity index (χ0) is 20.0. The topological polar surface area (TPSA) is 27.0 Å². The minimum Gasteiger partial charge on any atom is -0.299 e. The summed E-state index contributed by atoms with van der Waals surface area (Å²) in [6.45, 7) is 5.20. The van der Waals surface area contributed by atoms with Gasteiger partial charge in [0.15, 0.2) is 0 Å². The van der Waals surface area contributed by atoms with Crippen molar-refractivity contribution in [1.29, 1.82) is 5.26 Å². The highest BCUT2D eigenvalue weighted by Crippen LogP contribution is 2.53. The molecular weight excluding hydrogens is 387 g/mol. The van der Waals surface area contributed by atoms with Crippen LogP contribution in [0.25, 0.3) is 0 Å². The van der Waals surface area contributed by atoms with Crippen molar-refractivity contribution in [3.05, 3.63) is 69.7 Å². The molecule has 2 nitrogen and oxygen atoms in total. The van der Waals surface area contributed by atoms with E-state index in [1.165, 1.54) is 5.56 Å². The van der Waals surface area contributed by atoms with Crippen LogP contribution in [-0.2, 0) is 12.0 Å². The van der Waals surface area contributed by atoms with E-state index in [0.717, 1.165) is 57.3 Å². The van der Waals surface area contributed by atoms with Crippen LogP contribution in [0.1, 0.15) is 50.2 Å². The normalized spacial score (nSPS) is 16.0. The Hall–Kier alpha value is -1.53. The van der Waals surface area contributed by atoms with Crippen molar-refractivity contribution < 1.29 is 0 Å². The maximum atomic E-state index is 10.2. The van der Waals surface area contributed by atoms with Gasteiger partial charge in [0, 0.05) is 22.2 Å². The quantitative estimate of drug-likeness (QED) is 0.424. The van der Waals surface area contributed by atoms with Gasteiger partial charge in [-0.3, -0.25) is 4.90 Å². The molecule has 0 radical (unpaired) electrons. The maximum absolute atomic E-state index is 10.2. The van der Waals surface area contributed by atoms with E-state index in [-0.39, 0.29) is 0 Å². The minimum absolute atomic E-state index is 0.364. The summed E-state index contributed by atoms with van der Waals surface area (Å²) in [4.78, 5) is 2.48. The Kier molecular flexibility index (Phi) is 7.41. The van der Waals surface area contributed by atoms with Crippen LogP contribution in [0.15, 0.2) is 48.5 Å². The van der Waals surface area contributed by atoms with Crippen molar-refractivity contribution in [2.24, 2.45) is 5.92 Å².